The van der Waals surface area contributed by atoms with Crippen molar-refractivity contribution in [2.45, 2.75) is 18.9 Å². The van der Waals surface area contributed by atoms with Crippen LogP contribution in [0, 0.1) is 0 Å². The Morgan fingerprint density at radius 1 is 1.33 bits per heavy atom. The number of likely N-dealkylation sites (tertiary alicyclic amines) is 1. The van der Waals surface area contributed by atoms with Gasteiger partial charge in [0.15, 0.2) is 0 Å². The standard InChI is InChI=1S/C14H19NO3/c1-17-10-14(16)15-9-3-4-13(15)11-5-7-12(18-2)8-6-11/h5-8,13H,3-4,9-10H2,1-2H3. The Hall–Kier alpha value is -1.55. The van der Waals surface area contributed by atoms with Gasteiger partial charge in [-0.2, -0.15) is 0 Å². The van der Waals surface area contributed by atoms with Gasteiger partial charge in [0.2, 0.25) is 5.91 Å². The number of nitrogens with zero attached hydrogens (tertiary/aromatic N) is 1. The molecule has 1 aliphatic rings. The van der Waals surface area contributed by atoms with Gasteiger partial charge in [0.1, 0.15) is 12.4 Å². The predicted octanol–water partition coefficient (Wildman–Crippen LogP) is 2.01. The molecular weight excluding hydrogens is 230 g/mol. The minimum atomic E-state index is 0.0656. The lowest BCUT2D eigenvalue weighted by molar-refractivity contribution is -0.136. The van der Waals surface area contributed by atoms with Crippen molar-refractivity contribution < 1.29 is 14.3 Å². The first-order valence-electron chi connectivity index (χ1n) is 6.18. The third-order valence-corrected chi connectivity index (χ3v) is 3.34. The van der Waals surface area contributed by atoms with Crippen molar-refractivity contribution in [1.29, 1.82) is 0 Å². The quantitative estimate of drug-likeness (QED) is 0.819. The zero-order valence-corrected chi connectivity index (χ0v) is 10.9. The van der Waals surface area contributed by atoms with Crippen LogP contribution in [0.25, 0.3) is 0 Å². The van der Waals surface area contributed by atoms with Crippen LogP contribution in [0.3, 0.4) is 0 Å². The van der Waals surface area contributed by atoms with E-state index in [0.717, 1.165) is 30.7 Å². The van der Waals surface area contributed by atoms with E-state index in [0.29, 0.717) is 0 Å². The molecule has 1 aromatic rings. The molecule has 1 heterocycles. The Kier molecular flexibility index (Phi) is 4.20. The highest BCUT2D eigenvalue weighted by molar-refractivity contribution is 5.78. The molecule has 0 aliphatic carbocycles. The number of amides is 1. The lowest BCUT2D eigenvalue weighted by atomic mass is 10.0. The average molecular weight is 249 g/mol. The molecule has 0 N–H and O–H groups in total. The number of hydrogen-bond acceptors (Lipinski definition) is 3. The SMILES string of the molecule is COCC(=O)N1CCCC1c1ccc(OC)cc1. The van der Waals surface area contributed by atoms with Crippen molar-refractivity contribution in [3.63, 3.8) is 0 Å². The van der Waals surface area contributed by atoms with Crippen LogP contribution >= 0.6 is 0 Å². The van der Waals surface area contributed by atoms with Gasteiger partial charge < -0.3 is 14.4 Å². The predicted molar refractivity (Wildman–Crippen MR) is 68.6 cm³/mol. The van der Waals surface area contributed by atoms with Gasteiger partial charge in [-0.05, 0) is 30.5 Å². The molecule has 0 saturated carbocycles. The molecule has 0 radical (unpaired) electrons. The maximum absolute atomic E-state index is 11.9. The van der Waals surface area contributed by atoms with Crippen LogP contribution in [0.1, 0.15) is 24.4 Å². The Balaban J connectivity index is 2.12. The van der Waals surface area contributed by atoms with Crippen LogP contribution in [0.5, 0.6) is 5.75 Å². The van der Waals surface area contributed by atoms with Crippen LogP contribution in [0.15, 0.2) is 24.3 Å². The highest BCUT2D eigenvalue weighted by atomic mass is 16.5. The second kappa shape index (κ2) is 5.87. The number of benzene rings is 1. The first-order chi connectivity index (χ1) is 8.76. The van der Waals surface area contributed by atoms with E-state index < -0.39 is 0 Å². The summed E-state index contributed by atoms with van der Waals surface area (Å²) in [6, 6.07) is 8.11. The summed E-state index contributed by atoms with van der Waals surface area (Å²) < 4.78 is 10.1. The fourth-order valence-electron chi connectivity index (χ4n) is 2.44. The van der Waals surface area contributed by atoms with E-state index >= 15 is 0 Å². The third kappa shape index (κ3) is 2.64. The van der Waals surface area contributed by atoms with Crippen LogP contribution < -0.4 is 4.74 Å². The number of hydrogen-bond donors (Lipinski definition) is 0. The van der Waals surface area contributed by atoms with Crippen molar-refractivity contribution in [3.8, 4) is 5.75 Å². The Morgan fingerprint density at radius 2 is 2.06 bits per heavy atom. The summed E-state index contributed by atoms with van der Waals surface area (Å²) in [6.07, 6.45) is 2.06. The zero-order valence-electron chi connectivity index (χ0n) is 10.9. The van der Waals surface area contributed by atoms with Crippen LogP contribution in [0.2, 0.25) is 0 Å². The second-order valence-corrected chi connectivity index (χ2v) is 4.45. The summed E-state index contributed by atoms with van der Waals surface area (Å²) in [5, 5.41) is 0. The molecule has 18 heavy (non-hydrogen) atoms. The Bertz CT molecular complexity index is 402. The number of methoxy groups -OCH3 is 2. The lowest BCUT2D eigenvalue weighted by Gasteiger charge is -2.25. The molecular formula is C14H19NO3. The molecule has 1 amide bonds. The fourth-order valence-corrected chi connectivity index (χ4v) is 2.44. The summed E-state index contributed by atoms with van der Waals surface area (Å²) in [5.74, 6) is 0.905. The first-order valence-corrected chi connectivity index (χ1v) is 6.18. The number of carbonyl (C=O) groups is 1. The molecule has 98 valence electrons. The highest BCUT2D eigenvalue weighted by Crippen LogP contribution is 2.32. The van der Waals surface area contributed by atoms with Gasteiger partial charge in [-0.3, -0.25) is 4.79 Å². The number of ether oxygens (including phenoxy) is 2. The molecule has 1 atom stereocenters. The van der Waals surface area contributed by atoms with Crippen molar-refractivity contribution in [1.82, 2.24) is 4.90 Å². The lowest BCUT2D eigenvalue weighted by Crippen LogP contribution is -2.33. The van der Waals surface area contributed by atoms with Gasteiger partial charge in [-0.15, -0.1) is 0 Å². The molecule has 1 saturated heterocycles. The summed E-state index contributed by atoms with van der Waals surface area (Å²) in [5.41, 5.74) is 1.16. The van der Waals surface area contributed by atoms with E-state index in [1.54, 1.807) is 14.2 Å². The van der Waals surface area contributed by atoms with Crippen LogP contribution in [0.4, 0.5) is 0 Å². The normalized spacial score (nSPS) is 19.0. The van der Waals surface area contributed by atoms with E-state index in [9.17, 15) is 4.79 Å². The van der Waals surface area contributed by atoms with Gasteiger partial charge in [0, 0.05) is 13.7 Å². The summed E-state index contributed by atoms with van der Waals surface area (Å²) >= 11 is 0. The minimum Gasteiger partial charge on any atom is -0.497 e. The summed E-state index contributed by atoms with van der Waals surface area (Å²) in [7, 11) is 3.20. The molecule has 1 unspecified atom stereocenters. The molecule has 4 heteroatoms. The van der Waals surface area contributed by atoms with E-state index in [1.165, 1.54) is 0 Å². The number of carbonyl (C=O) groups excluding carboxylic acids is 1. The van der Waals surface area contributed by atoms with E-state index in [4.69, 9.17) is 9.47 Å². The monoisotopic (exact) mass is 249 g/mol. The Morgan fingerprint density at radius 3 is 2.67 bits per heavy atom. The van der Waals surface area contributed by atoms with Gasteiger partial charge >= 0.3 is 0 Å². The smallest absolute Gasteiger partial charge is 0.249 e. The van der Waals surface area contributed by atoms with Crippen molar-refractivity contribution in [2.24, 2.45) is 0 Å². The minimum absolute atomic E-state index is 0.0656. The molecule has 2 rings (SSSR count). The molecule has 1 aliphatic heterocycles. The largest absolute Gasteiger partial charge is 0.497 e. The van der Waals surface area contributed by atoms with Gasteiger partial charge in [-0.25, -0.2) is 0 Å². The maximum atomic E-state index is 11.9. The number of rotatable bonds is 4. The molecule has 1 aromatic carbocycles. The van der Waals surface area contributed by atoms with Gasteiger partial charge in [0.25, 0.3) is 0 Å². The molecule has 0 aromatic heterocycles. The van der Waals surface area contributed by atoms with Gasteiger partial charge in [0.05, 0.1) is 13.2 Å². The van der Waals surface area contributed by atoms with E-state index in [-0.39, 0.29) is 18.6 Å². The van der Waals surface area contributed by atoms with E-state index in [1.807, 2.05) is 29.2 Å². The zero-order chi connectivity index (χ0) is 13.0. The van der Waals surface area contributed by atoms with Crippen molar-refractivity contribution in [3.05, 3.63) is 29.8 Å². The third-order valence-electron chi connectivity index (χ3n) is 3.34. The van der Waals surface area contributed by atoms with Crippen molar-refractivity contribution >= 4 is 5.91 Å². The van der Waals surface area contributed by atoms with Gasteiger partial charge in [-0.1, -0.05) is 12.1 Å². The second-order valence-electron chi connectivity index (χ2n) is 4.45. The molecule has 4 nitrogen and oxygen atoms in total. The molecule has 0 bridgehead atoms. The average Bonchev–Trinajstić information content (AvgIpc) is 2.88. The summed E-state index contributed by atoms with van der Waals surface area (Å²) in [4.78, 5) is 13.8. The van der Waals surface area contributed by atoms with Crippen LogP contribution in [-0.2, 0) is 9.53 Å². The Labute approximate surface area is 107 Å². The van der Waals surface area contributed by atoms with Crippen molar-refractivity contribution in [2.75, 3.05) is 27.4 Å². The fraction of sp³-hybridized carbons (Fsp3) is 0.500. The molecule has 0 spiro atoms. The topological polar surface area (TPSA) is 38.8 Å². The highest BCUT2D eigenvalue weighted by Gasteiger charge is 2.29. The first kappa shape index (κ1) is 12.9. The van der Waals surface area contributed by atoms with E-state index in [2.05, 4.69) is 0 Å². The van der Waals surface area contributed by atoms with Crippen LogP contribution in [-0.4, -0.2) is 38.2 Å². The maximum Gasteiger partial charge on any atom is 0.249 e. The summed E-state index contributed by atoms with van der Waals surface area (Å²) in [6.45, 7) is 0.978. The molecule has 1 fully saturated rings.